The van der Waals surface area contributed by atoms with Gasteiger partial charge in [-0.15, -0.1) is 11.8 Å². The summed E-state index contributed by atoms with van der Waals surface area (Å²) in [6.07, 6.45) is 0. The normalized spacial score (nSPS) is 11.7. The zero-order valence-electron chi connectivity index (χ0n) is 13.1. The van der Waals surface area contributed by atoms with Gasteiger partial charge < -0.3 is 14.8 Å². The van der Waals surface area contributed by atoms with E-state index in [0.717, 1.165) is 4.90 Å². The molecule has 23 heavy (non-hydrogen) atoms. The van der Waals surface area contributed by atoms with Crippen molar-refractivity contribution in [2.75, 3.05) is 19.5 Å². The molecule has 2 rings (SSSR count). The molecule has 2 aromatic rings. The second kappa shape index (κ2) is 8.13. The Morgan fingerprint density at radius 3 is 2.43 bits per heavy atom. The van der Waals surface area contributed by atoms with E-state index in [1.165, 1.54) is 11.8 Å². The zero-order valence-corrected chi connectivity index (χ0v) is 14.7. The van der Waals surface area contributed by atoms with Gasteiger partial charge >= 0.3 is 0 Å². The van der Waals surface area contributed by atoms with Crippen LogP contribution >= 0.6 is 23.4 Å². The molecule has 2 aromatic carbocycles. The Balaban J connectivity index is 2.04. The number of methoxy groups -OCH3 is 2. The molecule has 4 nitrogen and oxygen atoms in total. The Kier molecular flexibility index (Phi) is 6.19. The molecule has 6 heteroatoms. The van der Waals surface area contributed by atoms with Gasteiger partial charge in [-0.05, 0) is 43.3 Å². The molecule has 0 spiro atoms. The van der Waals surface area contributed by atoms with Gasteiger partial charge in [0.05, 0.1) is 25.2 Å². The van der Waals surface area contributed by atoms with Crippen molar-refractivity contribution in [3.05, 3.63) is 47.5 Å². The molecule has 122 valence electrons. The van der Waals surface area contributed by atoms with Crippen LogP contribution in [0.1, 0.15) is 6.92 Å². The van der Waals surface area contributed by atoms with Crippen molar-refractivity contribution in [2.24, 2.45) is 0 Å². The number of carbonyl (C=O) groups excluding carboxylic acids is 1. The zero-order chi connectivity index (χ0) is 16.8. The number of anilines is 1. The highest BCUT2D eigenvalue weighted by Crippen LogP contribution is 2.30. The third kappa shape index (κ3) is 4.81. The lowest BCUT2D eigenvalue weighted by molar-refractivity contribution is -0.115. The minimum atomic E-state index is -0.261. The molecule has 0 aliphatic rings. The maximum Gasteiger partial charge on any atom is 0.237 e. The third-order valence-electron chi connectivity index (χ3n) is 3.16. The monoisotopic (exact) mass is 351 g/mol. The lowest BCUT2D eigenvalue weighted by Gasteiger charge is -2.15. The minimum Gasteiger partial charge on any atom is -0.497 e. The van der Waals surface area contributed by atoms with Crippen LogP contribution in [-0.4, -0.2) is 25.4 Å². The van der Waals surface area contributed by atoms with Crippen LogP contribution in [0.5, 0.6) is 11.5 Å². The van der Waals surface area contributed by atoms with Gasteiger partial charge in [-0.3, -0.25) is 4.79 Å². The van der Waals surface area contributed by atoms with E-state index in [1.807, 2.05) is 19.1 Å². The number of amides is 1. The summed E-state index contributed by atoms with van der Waals surface area (Å²) < 4.78 is 10.4. The van der Waals surface area contributed by atoms with Gasteiger partial charge in [-0.25, -0.2) is 0 Å². The van der Waals surface area contributed by atoms with E-state index in [1.54, 1.807) is 44.6 Å². The summed E-state index contributed by atoms with van der Waals surface area (Å²) in [5.41, 5.74) is 0.613. The SMILES string of the molecule is COc1ccc(NC(=O)C(C)Sc2ccc(Cl)cc2)c(OC)c1. The van der Waals surface area contributed by atoms with Gasteiger partial charge in [0.25, 0.3) is 0 Å². The molecule has 1 N–H and O–H groups in total. The fourth-order valence-corrected chi connectivity index (χ4v) is 2.90. The molecule has 0 aromatic heterocycles. The lowest BCUT2D eigenvalue weighted by atomic mass is 10.2. The van der Waals surface area contributed by atoms with Crippen LogP contribution in [0.4, 0.5) is 5.69 Å². The number of rotatable bonds is 6. The minimum absolute atomic E-state index is 0.103. The number of ether oxygens (including phenoxy) is 2. The Hall–Kier alpha value is -1.85. The molecule has 1 atom stereocenters. The fourth-order valence-electron chi connectivity index (χ4n) is 1.91. The van der Waals surface area contributed by atoms with Crippen LogP contribution in [0.2, 0.25) is 5.02 Å². The average molecular weight is 352 g/mol. The predicted octanol–water partition coefficient (Wildman–Crippen LogP) is 4.48. The van der Waals surface area contributed by atoms with Crippen LogP contribution in [-0.2, 0) is 4.79 Å². The highest BCUT2D eigenvalue weighted by molar-refractivity contribution is 8.00. The standard InChI is InChI=1S/C17H18ClNO3S/c1-11(23-14-7-4-12(18)5-8-14)17(20)19-15-9-6-13(21-2)10-16(15)22-3/h4-11H,1-3H3,(H,19,20). The Morgan fingerprint density at radius 1 is 1.13 bits per heavy atom. The fraction of sp³-hybridized carbons (Fsp3) is 0.235. The summed E-state index contributed by atoms with van der Waals surface area (Å²) in [7, 11) is 3.13. The first-order valence-corrected chi connectivity index (χ1v) is 8.24. The van der Waals surface area contributed by atoms with Crippen molar-refractivity contribution in [3.8, 4) is 11.5 Å². The largest absolute Gasteiger partial charge is 0.497 e. The van der Waals surface area contributed by atoms with Crippen LogP contribution in [0, 0.1) is 0 Å². The first kappa shape index (κ1) is 17.5. The van der Waals surface area contributed by atoms with Crippen molar-refractivity contribution in [2.45, 2.75) is 17.1 Å². The molecule has 0 bridgehead atoms. The number of hydrogen-bond acceptors (Lipinski definition) is 4. The summed E-state index contributed by atoms with van der Waals surface area (Å²) in [4.78, 5) is 13.3. The van der Waals surface area contributed by atoms with E-state index in [2.05, 4.69) is 5.32 Å². The van der Waals surface area contributed by atoms with Gasteiger partial charge in [0.2, 0.25) is 5.91 Å². The average Bonchev–Trinajstić information content (AvgIpc) is 2.57. The molecule has 1 unspecified atom stereocenters. The van der Waals surface area contributed by atoms with Crippen molar-refractivity contribution < 1.29 is 14.3 Å². The van der Waals surface area contributed by atoms with Crippen molar-refractivity contribution >= 4 is 35.0 Å². The number of nitrogens with one attached hydrogen (secondary N) is 1. The van der Waals surface area contributed by atoms with E-state index >= 15 is 0 Å². The van der Waals surface area contributed by atoms with Crippen molar-refractivity contribution in [3.63, 3.8) is 0 Å². The van der Waals surface area contributed by atoms with Gasteiger partial charge in [-0.1, -0.05) is 11.6 Å². The second-order valence-corrected chi connectivity index (χ2v) is 6.62. The van der Waals surface area contributed by atoms with E-state index in [0.29, 0.717) is 22.2 Å². The molecule has 0 fully saturated rings. The van der Waals surface area contributed by atoms with Gasteiger partial charge in [0.15, 0.2) is 0 Å². The summed E-state index contributed by atoms with van der Waals surface area (Å²) >= 11 is 7.33. The van der Waals surface area contributed by atoms with Gasteiger partial charge in [0.1, 0.15) is 11.5 Å². The van der Waals surface area contributed by atoms with E-state index < -0.39 is 0 Å². The number of hydrogen-bond donors (Lipinski definition) is 1. The van der Waals surface area contributed by atoms with Crippen LogP contribution < -0.4 is 14.8 Å². The summed E-state index contributed by atoms with van der Waals surface area (Å²) in [5.74, 6) is 1.12. The Labute approximate surface area is 145 Å². The lowest BCUT2D eigenvalue weighted by Crippen LogP contribution is -2.22. The highest BCUT2D eigenvalue weighted by atomic mass is 35.5. The number of benzene rings is 2. The van der Waals surface area contributed by atoms with Gasteiger partial charge in [-0.2, -0.15) is 0 Å². The van der Waals surface area contributed by atoms with Crippen LogP contribution in [0.25, 0.3) is 0 Å². The molecular weight excluding hydrogens is 334 g/mol. The predicted molar refractivity (Wildman–Crippen MR) is 94.9 cm³/mol. The first-order chi connectivity index (χ1) is 11.0. The maximum atomic E-state index is 12.4. The summed E-state index contributed by atoms with van der Waals surface area (Å²) in [6.45, 7) is 1.85. The van der Waals surface area contributed by atoms with E-state index in [9.17, 15) is 4.79 Å². The molecule has 0 radical (unpaired) electrons. The van der Waals surface area contributed by atoms with Crippen LogP contribution in [0.3, 0.4) is 0 Å². The molecule has 1 amide bonds. The van der Waals surface area contributed by atoms with E-state index in [4.69, 9.17) is 21.1 Å². The van der Waals surface area contributed by atoms with Crippen molar-refractivity contribution in [1.82, 2.24) is 0 Å². The number of halogens is 1. The topological polar surface area (TPSA) is 47.6 Å². The molecule has 0 saturated heterocycles. The van der Waals surface area contributed by atoms with E-state index in [-0.39, 0.29) is 11.2 Å². The summed E-state index contributed by atoms with van der Waals surface area (Å²) in [5, 5.41) is 3.29. The smallest absolute Gasteiger partial charge is 0.237 e. The quantitative estimate of drug-likeness (QED) is 0.780. The number of carbonyl (C=O) groups is 1. The van der Waals surface area contributed by atoms with Crippen molar-refractivity contribution in [1.29, 1.82) is 0 Å². The molecule has 0 aliphatic heterocycles. The Morgan fingerprint density at radius 2 is 1.83 bits per heavy atom. The summed E-state index contributed by atoms with van der Waals surface area (Å²) in [6, 6.07) is 12.7. The maximum absolute atomic E-state index is 12.4. The first-order valence-electron chi connectivity index (χ1n) is 6.98. The molecule has 0 aliphatic carbocycles. The molecule has 0 heterocycles. The third-order valence-corrected chi connectivity index (χ3v) is 4.53. The van der Waals surface area contributed by atoms with Gasteiger partial charge in [0, 0.05) is 16.0 Å². The highest BCUT2D eigenvalue weighted by Gasteiger charge is 2.16. The molecule has 0 saturated carbocycles. The Bertz CT molecular complexity index is 676. The second-order valence-electron chi connectivity index (χ2n) is 4.77. The van der Waals surface area contributed by atoms with Crippen LogP contribution in [0.15, 0.2) is 47.4 Å². The molecular formula is C17H18ClNO3S. The number of thioether (sulfide) groups is 1.